The lowest BCUT2D eigenvalue weighted by Gasteiger charge is -2.06. The third-order valence-electron chi connectivity index (χ3n) is 1.73. The van der Waals surface area contributed by atoms with Gasteiger partial charge in [0.2, 0.25) is 0 Å². The van der Waals surface area contributed by atoms with Crippen molar-refractivity contribution < 1.29 is 9.90 Å². The Morgan fingerprint density at radius 2 is 2.46 bits per heavy atom. The van der Waals surface area contributed by atoms with Crippen molar-refractivity contribution in [2.75, 3.05) is 0 Å². The van der Waals surface area contributed by atoms with Gasteiger partial charge in [0.1, 0.15) is 11.7 Å². The SMILES string of the molecule is CCC(C(=O)O)c1nccc(=O)[nH]1. The van der Waals surface area contributed by atoms with E-state index < -0.39 is 11.9 Å². The van der Waals surface area contributed by atoms with Crippen molar-refractivity contribution in [3.8, 4) is 0 Å². The Morgan fingerprint density at radius 3 is 2.92 bits per heavy atom. The first-order chi connectivity index (χ1) is 6.15. The minimum Gasteiger partial charge on any atom is -0.481 e. The second-order valence-electron chi connectivity index (χ2n) is 2.62. The van der Waals surface area contributed by atoms with E-state index in [9.17, 15) is 9.59 Å². The van der Waals surface area contributed by atoms with Gasteiger partial charge in [-0.2, -0.15) is 0 Å². The van der Waals surface area contributed by atoms with Crippen molar-refractivity contribution in [3.05, 3.63) is 28.4 Å². The molecule has 1 aromatic heterocycles. The Labute approximate surface area is 74.4 Å². The van der Waals surface area contributed by atoms with Crippen molar-refractivity contribution in [1.82, 2.24) is 9.97 Å². The van der Waals surface area contributed by atoms with Crippen LogP contribution in [-0.2, 0) is 4.79 Å². The van der Waals surface area contributed by atoms with Crippen molar-refractivity contribution in [2.24, 2.45) is 0 Å². The molecule has 13 heavy (non-hydrogen) atoms. The molecule has 5 heteroatoms. The third-order valence-corrected chi connectivity index (χ3v) is 1.73. The van der Waals surface area contributed by atoms with Gasteiger partial charge in [0, 0.05) is 12.3 Å². The first-order valence-electron chi connectivity index (χ1n) is 3.93. The second kappa shape index (κ2) is 3.84. The summed E-state index contributed by atoms with van der Waals surface area (Å²) < 4.78 is 0. The van der Waals surface area contributed by atoms with Gasteiger partial charge >= 0.3 is 5.97 Å². The number of carboxylic acid groups (broad SMARTS) is 1. The monoisotopic (exact) mass is 182 g/mol. The van der Waals surface area contributed by atoms with E-state index >= 15 is 0 Å². The summed E-state index contributed by atoms with van der Waals surface area (Å²) in [4.78, 5) is 27.7. The van der Waals surface area contributed by atoms with Gasteiger partial charge in [-0.1, -0.05) is 6.92 Å². The molecule has 0 radical (unpaired) electrons. The molecule has 0 spiro atoms. The predicted octanol–water partition coefficient (Wildman–Crippen LogP) is 0.348. The zero-order valence-corrected chi connectivity index (χ0v) is 7.15. The summed E-state index contributed by atoms with van der Waals surface area (Å²) >= 11 is 0. The van der Waals surface area contributed by atoms with E-state index in [-0.39, 0.29) is 11.4 Å². The Morgan fingerprint density at radius 1 is 1.77 bits per heavy atom. The van der Waals surface area contributed by atoms with Gasteiger partial charge in [-0.15, -0.1) is 0 Å². The number of nitrogens with one attached hydrogen (secondary N) is 1. The molecule has 0 fully saturated rings. The number of rotatable bonds is 3. The van der Waals surface area contributed by atoms with Gasteiger partial charge in [-0.25, -0.2) is 4.98 Å². The lowest BCUT2D eigenvalue weighted by atomic mass is 10.1. The second-order valence-corrected chi connectivity index (χ2v) is 2.62. The number of carboxylic acids is 1. The van der Waals surface area contributed by atoms with Crippen LogP contribution in [0.2, 0.25) is 0 Å². The standard InChI is InChI=1S/C8H10N2O3/c1-2-5(8(12)13)7-9-4-3-6(11)10-7/h3-5H,2H2,1H3,(H,12,13)(H,9,10,11). The fraction of sp³-hybridized carbons (Fsp3) is 0.375. The molecule has 0 amide bonds. The minimum atomic E-state index is -0.975. The quantitative estimate of drug-likeness (QED) is 0.706. The summed E-state index contributed by atoms with van der Waals surface area (Å²) in [5, 5.41) is 8.76. The van der Waals surface area contributed by atoms with Crippen LogP contribution < -0.4 is 5.56 Å². The maximum atomic E-state index is 10.8. The lowest BCUT2D eigenvalue weighted by Crippen LogP contribution is -2.18. The molecule has 1 heterocycles. The Balaban J connectivity index is 3.05. The van der Waals surface area contributed by atoms with Crippen LogP contribution >= 0.6 is 0 Å². The fourth-order valence-electron chi connectivity index (χ4n) is 1.05. The largest absolute Gasteiger partial charge is 0.481 e. The minimum absolute atomic E-state index is 0.211. The van der Waals surface area contributed by atoms with E-state index in [4.69, 9.17) is 5.11 Å². The summed E-state index contributed by atoms with van der Waals surface area (Å²) in [5.74, 6) is -1.49. The van der Waals surface area contributed by atoms with E-state index in [2.05, 4.69) is 9.97 Å². The van der Waals surface area contributed by atoms with Gasteiger partial charge in [0.05, 0.1) is 0 Å². The van der Waals surface area contributed by atoms with Crippen LogP contribution in [0.1, 0.15) is 25.1 Å². The molecular formula is C8H10N2O3. The zero-order chi connectivity index (χ0) is 9.84. The summed E-state index contributed by atoms with van der Waals surface area (Å²) in [7, 11) is 0. The molecule has 0 aliphatic carbocycles. The molecule has 0 aromatic carbocycles. The van der Waals surface area contributed by atoms with Gasteiger partial charge in [-0.05, 0) is 6.42 Å². The molecule has 2 N–H and O–H groups in total. The topological polar surface area (TPSA) is 83.0 Å². The molecular weight excluding hydrogens is 172 g/mol. The van der Waals surface area contributed by atoms with Crippen LogP contribution in [0.3, 0.4) is 0 Å². The first-order valence-corrected chi connectivity index (χ1v) is 3.93. The van der Waals surface area contributed by atoms with Crippen molar-refractivity contribution >= 4 is 5.97 Å². The third kappa shape index (κ3) is 2.14. The number of hydrogen-bond donors (Lipinski definition) is 2. The Bertz CT molecular complexity index is 358. The van der Waals surface area contributed by atoms with Crippen LogP contribution in [0, 0.1) is 0 Å². The molecule has 1 atom stereocenters. The van der Waals surface area contributed by atoms with Crippen LogP contribution in [0.15, 0.2) is 17.1 Å². The molecule has 0 aliphatic rings. The predicted molar refractivity (Wildman–Crippen MR) is 45.5 cm³/mol. The average molecular weight is 182 g/mol. The molecule has 1 aromatic rings. The summed E-state index contributed by atoms with van der Waals surface area (Å²) in [6.45, 7) is 1.73. The average Bonchev–Trinajstić information content (AvgIpc) is 2.04. The van der Waals surface area contributed by atoms with Crippen molar-refractivity contribution in [2.45, 2.75) is 19.3 Å². The van der Waals surface area contributed by atoms with Crippen LogP contribution in [-0.4, -0.2) is 21.0 Å². The Hall–Kier alpha value is -1.65. The molecule has 70 valence electrons. The summed E-state index contributed by atoms with van der Waals surface area (Å²) in [5.41, 5.74) is -0.329. The molecule has 1 unspecified atom stereocenters. The number of H-pyrrole nitrogens is 1. The number of aliphatic carboxylic acids is 1. The van der Waals surface area contributed by atoms with E-state index in [0.717, 1.165) is 0 Å². The van der Waals surface area contributed by atoms with Gasteiger partial charge in [0.25, 0.3) is 5.56 Å². The number of aromatic nitrogens is 2. The van der Waals surface area contributed by atoms with Crippen LogP contribution in [0.25, 0.3) is 0 Å². The normalized spacial score (nSPS) is 12.4. The van der Waals surface area contributed by atoms with E-state index in [1.54, 1.807) is 6.92 Å². The van der Waals surface area contributed by atoms with E-state index in [1.807, 2.05) is 0 Å². The number of hydrogen-bond acceptors (Lipinski definition) is 3. The Kier molecular flexibility index (Phi) is 2.79. The highest BCUT2D eigenvalue weighted by Crippen LogP contribution is 2.13. The smallest absolute Gasteiger partial charge is 0.314 e. The molecule has 1 rings (SSSR count). The number of carbonyl (C=O) groups is 1. The summed E-state index contributed by atoms with van der Waals surface area (Å²) in [6, 6.07) is 1.25. The summed E-state index contributed by atoms with van der Waals surface area (Å²) in [6.07, 6.45) is 1.71. The molecule has 0 aliphatic heterocycles. The molecule has 5 nitrogen and oxygen atoms in total. The van der Waals surface area contributed by atoms with Crippen molar-refractivity contribution in [3.63, 3.8) is 0 Å². The number of aromatic amines is 1. The van der Waals surface area contributed by atoms with Crippen LogP contribution in [0.4, 0.5) is 0 Å². The molecule has 0 bridgehead atoms. The van der Waals surface area contributed by atoms with Crippen molar-refractivity contribution in [1.29, 1.82) is 0 Å². The van der Waals surface area contributed by atoms with E-state index in [0.29, 0.717) is 6.42 Å². The fourth-order valence-corrected chi connectivity index (χ4v) is 1.05. The zero-order valence-electron chi connectivity index (χ0n) is 7.15. The van der Waals surface area contributed by atoms with Gasteiger partial charge < -0.3 is 10.1 Å². The maximum Gasteiger partial charge on any atom is 0.314 e. The first kappa shape index (κ1) is 9.44. The van der Waals surface area contributed by atoms with Gasteiger partial charge in [0.15, 0.2) is 0 Å². The van der Waals surface area contributed by atoms with E-state index in [1.165, 1.54) is 12.3 Å². The highest BCUT2D eigenvalue weighted by atomic mass is 16.4. The highest BCUT2D eigenvalue weighted by molar-refractivity contribution is 5.74. The highest BCUT2D eigenvalue weighted by Gasteiger charge is 2.19. The molecule has 0 saturated heterocycles. The van der Waals surface area contributed by atoms with Crippen LogP contribution in [0.5, 0.6) is 0 Å². The molecule has 0 saturated carbocycles. The lowest BCUT2D eigenvalue weighted by molar-refractivity contribution is -0.139. The van der Waals surface area contributed by atoms with Gasteiger partial charge in [-0.3, -0.25) is 9.59 Å². The number of nitrogens with zero attached hydrogens (tertiary/aromatic N) is 1. The maximum absolute atomic E-state index is 10.8.